The minimum atomic E-state index is -2.16. The Morgan fingerprint density at radius 2 is 1.98 bits per heavy atom. The number of likely N-dealkylation sites (N-methyl/N-ethyl adjacent to an activating group) is 1. The summed E-state index contributed by atoms with van der Waals surface area (Å²) in [7, 11) is 0. The maximum absolute atomic E-state index is 14.6. The van der Waals surface area contributed by atoms with Gasteiger partial charge in [0.05, 0.1) is 12.4 Å². The quantitative estimate of drug-likeness (QED) is 0.0847. The molecule has 6 rings (SSSR count). The van der Waals surface area contributed by atoms with Crippen molar-refractivity contribution in [2.24, 2.45) is 17.6 Å². The van der Waals surface area contributed by atoms with E-state index in [4.69, 9.17) is 15.2 Å². The normalized spacial score (nSPS) is 29.6. The van der Waals surface area contributed by atoms with Crippen molar-refractivity contribution in [2.75, 3.05) is 26.3 Å². The van der Waals surface area contributed by atoms with Crippen LogP contribution in [0.3, 0.4) is 0 Å². The van der Waals surface area contributed by atoms with Crippen LogP contribution >= 0.6 is 0 Å². The predicted octanol–water partition coefficient (Wildman–Crippen LogP) is 3.96. The summed E-state index contributed by atoms with van der Waals surface area (Å²) < 4.78 is 12.6. The smallest absolute Gasteiger partial charge is 0.350 e. The molecule has 2 aliphatic heterocycles. The van der Waals surface area contributed by atoms with Crippen molar-refractivity contribution in [3.05, 3.63) is 93.9 Å². The fourth-order valence-corrected chi connectivity index (χ4v) is 8.21. The van der Waals surface area contributed by atoms with Gasteiger partial charge in [0, 0.05) is 42.7 Å². The zero-order valence-electron chi connectivity index (χ0n) is 28.5. The van der Waals surface area contributed by atoms with Gasteiger partial charge in [-0.3, -0.25) is 9.59 Å². The molecule has 0 bridgehead atoms. The van der Waals surface area contributed by atoms with E-state index >= 15 is 0 Å². The van der Waals surface area contributed by atoms with Crippen molar-refractivity contribution in [3.63, 3.8) is 0 Å². The van der Waals surface area contributed by atoms with Crippen molar-refractivity contribution in [1.82, 2.24) is 10.6 Å². The van der Waals surface area contributed by atoms with E-state index in [2.05, 4.69) is 28.9 Å². The molecule has 0 amide bonds. The van der Waals surface area contributed by atoms with Crippen molar-refractivity contribution < 1.29 is 34.1 Å². The number of fused-ring (bicyclic) bond motifs is 3. The second-order valence-corrected chi connectivity index (χ2v) is 13.9. The molecular formula is C39H49N3O7. The molecule has 0 spiro atoms. The lowest BCUT2D eigenvalue weighted by Gasteiger charge is -2.40. The Hall–Kier alpha value is -3.83. The predicted molar refractivity (Wildman–Crippen MR) is 185 cm³/mol. The van der Waals surface area contributed by atoms with Crippen LogP contribution in [0.15, 0.2) is 82.8 Å². The number of epoxide rings is 1. The number of aliphatic hydroxyl groups is 2. The largest absolute Gasteiger partial charge is 0.459 e. The summed E-state index contributed by atoms with van der Waals surface area (Å²) in [6.45, 7) is 4.84. The summed E-state index contributed by atoms with van der Waals surface area (Å²) in [5, 5.41) is 27.0. The Balaban J connectivity index is 1.32. The summed E-state index contributed by atoms with van der Waals surface area (Å²) in [6, 6.07) is 6.40. The number of dihydropyridines is 1. The Labute approximate surface area is 288 Å². The molecule has 0 radical (unpaired) electrons. The molecule has 6 atom stereocenters. The third kappa shape index (κ3) is 6.47. The summed E-state index contributed by atoms with van der Waals surface area (Å²) in [5.41, 5.74) is 6.00. The molecule has 6 N–H and O–H groups in total. The van der Waals surface area contributed by atoms with E-state index in [1.807, 2.05) is 26.0 Å². The Kier molecular flexibility index (Phi) is 10.4. The number of benzene rings is 1. The molecule has 1 aromatic carbocycles. The lowest BCUT2D eigenvalue weighted by Crippen LogP contribution is -2.53. The van der Waals surface area contributed by atoms with Gasteiger partial charge in [-0.15, -0.1) is 0 Å². The number of hydrogen-bond acceptors (Lipinski definition) is 10. The number of aliphatic hydroxyl groups excluding tert-OH is 2. The Morgan fingerprint density at radius 3 is 2.69 bits per heavy atom. The number of allylic oxidation sites excluding steroid dienone is 6. The highest BCUT2D eigenvalue weighted by Crippen LogP contribution is 2.60. The first-order chi connectivity index (χ1) is 23.7. The molecule has 1 aromatic rings. The van der Waals surface area contributed by atoms with E-state index in [0.717, 1.165) is 30.4 Å². The molecule has 2 heterocycles. The number of nitrogens with two attached hydrogens (primary N) is 1. The third-order valence-electron chi connectivity index (χ3n) is 11.0. The van der Waals surface area contributed by atoms with Gasteiger partial charge >= 0.3 is 5.97 Å². The maximum Gasteiger partial charge on any atom is 0.350 e. The molecule has 6 unspecified atom stereocenters. The third-order valence-corrected chi connectivity index (χ3v) is 11.0. The summed E-state index contributed by atoms with van der Waals surface area (Å²) in [6.07, 6.45) is 14.6. The summed E-state index contributed by atoms with van der Waals surface area (Å²) in [5.74, 6) is -1.14. The van der Waals surface area contributed by atoms with Crippen LogP contribution < -0.4 is 16.4 Å². The van der Waals surface area contributed by atoms with Gasteiger partial charge in [0.15, 0.2) is 11.4 Å². The molecule has 10 heteroatoms. The van der Waals surface area contributed by atoms with Crippen LogP contribution in [0, 0.1) is 11.8 Å². The van der Waals surface area contributed by atoms with Crippen molar-refractivity contribution in [1.29, 1.82) is 0 Å². The number of ether oxygens (including phenoxy) is 2. The molecule has 10 nitrogen and oxygen atoms in total. The van der Waals surface area contributed by atoms with E-state index in [9.17, 15) is 24.6 Å². The number of hydrogen-bond donors (Lipinski definition) is 5. The van der Waals surface area contributed by atoms with Crippen LogP contribution in [0.5, 0.6) is 0 Å². The van der Waals surface area contributed by atoms with E-state index in [0.29, 0.717) is 56.1 Å². The van der Waals surface area contributed by atoms with Gasteiger partial charge in [-0.1, -0.05) is 61.1 Å². The molecule has 1 fully saturated rings. The number of esters is 1. The van der Waals surface area contributed by atoms with Gasteiger partial charge in [0.25, 0.3) is 5.60 Å². The fourth-order valence-electron chi connectivity index (χ4n) is 8.21. The standard InChI is InChI=1S/C39H49N3O7/c1-3-41-32-21-27-10-5-4-9-26(27)20-31(32)33(13-8-18-43)48-37(47)39-36(46)30-12-7-6-11-29(30)35(45)38(39,49-39)22-28(23-44)24(2)14-15-25-16-17-42-34(40)19-25/h5-7,10-12,16,19,21,26,31-33,41-44H,3-4,8-9,13-15,17-18,20,22-23,40H2,1-2H3. The summed E-state index contributed by atoms with van der Waals surface area (Å²) in [4.78, 5) is 43.2. The number of carbonyl (C=O) groups excluding carboxylic acids is 3. The maximum atomic E-state index is 14.6. The number of Topliss-reactive ketones (excluding diaryl/α,β-unsaturated/α-hetero) is 2. The molecule has 5 aliphatic rings. The van der Waals surface area contributed by atoms with Crippen LogP contribution in [0.2, 0.25) is 0 Å². The second kappa shape index (κ2) is 14.6. The minimum absolute atomic E-state index is 0.0734. The van der Waals surface area contributed by atoms with Crippen LogP contribution in [0.25, 0.3) is 0 Å². The first-order valence-electron chi connectivity index (χ1n) is 17.7. The lowest BCUT2D eigenvalue weighted by molar-refractivity contribution is -0.158. The minimum Gasteiger partial charge on any atom is -0.459 e. The average Bonchev–Trinajstić information content (AvgIpc) is 3.82. The topological polar surface area (TPSA) is 164 Å². The van der Waals surface area contributed by atoms with Gasteiger partial charge in [-0.2, -0.15) is 0 Å². The van der Waals surface area contributed by atoms with Crippen molar-refractivity contribution in [2.45, 2.75) is 88.6 Å². The summed E-state index contributed by atoms with van der Waals surface area (Å²) >= 11 is 0. The molecule has 3 aliphatic carbocycles. The van der Waals surface area contributed by atoms with Gasteiger partial charge < -0.3 is 36.1 Å². The van der Waals surface area contributed by atoms with Gasteiger partial charge in [0.2, 0.25) is 5.78 Å². The fraction of sp³-hybridized carbons (Fsp3) is 0.513. The van der Waals surface area contributed by atoms with Gasteiger partial charge in [-0.25, -0.2) is 4.79 Å². The molecule has 0 saturated carbocycles. The number of nitrogens with one attached hydrogen (secondary N) is 2. The van der Waals surface area contributed by atoms with Crippen LogP contribution in [-0.4, -0.2) is 77.4 Å². The highest BCUT2D eigenvalue weighted by molar-refractivity contribution is 6.33. The molecule has 262 valence electrons. The van der Waals surface area contributed by atoms with Crippen LogP contribution in [0.1, 0.15) is 85.9 Å². The molecular weight excluding hydrogens is 622 g/mol. The van der Waals surface area contributed by atoms with Crippen molar-refractivity contribution in [3.8, 4) is 0 Å². The Bertz CT molecular complexity index is 1640. The number of carbonyl (C=O) groups is 3. The Morgan fingerprint density at radius 1 is 1.20 bits per heavy atom. The van der Waals surface area contributed by atoms with Crippen LogP contribution in [0.4, 0.5) is 0 Å². The number of rotatable bonds is 14. The highest BCUT2D eigenvalue weighted by atomic mass is 16.7. The van der Waals surface area contributed by atoms with E-state index in [1.54, 1.807) is 24.3 Å². The van der Waals surface area contributed by atoms with E-state index < -0.39 is 34.8 Å². The monoisotopic (exact) mass is 671 g/mol. The van der Waals surface area contributed by atoms with E-state index in [-0.39, 0.29) is 42.7 Å². The first-order valence-corrected chi connectivity index (χ1v) is 17.7. The molecule has 1 saturated heterocycles. The second-order valence-electron chi connectivity index (χ2n) is 13.9. The average molecular weight is 672 g/mol. The SMILES string of the molecule is CCNC1C=C2C=CCCC2CC1C(CCCO)OC(=O)C12OC1(CC(CO)=C(C)CCC1=CCNC(N)=C1)C(=O)c1ccccc1C2=O. The highest BCUT2D eigenvalue weighted by Gasteiger charge is 2.85. The first kappa shape index (κ1) is 35.0. The van der Waals surface area contributed by atoms with Crippen molar-refractivity contribution >= 4 is 17.5 Å². The molecule has 0 aromatic heterocycles. The van der Waals surface area contributed by atoms with Gasteiger partial charge in [0.1, 0.15) is 6.10 Å². The number of ketones is 2. The zero-order valence-corrected chi connectivity index (χ0v) is 28.5. The van der Waals surface area contributed by atoms with Gasteiger partial charge in [-0.05, 0) is 87.1 Å². The lowest BCUT2D eigenvalue weighted by atomic mass is 9.70. The zero-order chi connectivity index (χ0) is 34.8. The van der Waals surface area contributed by atoms with Crippen LogP contribution in [-0.2, 0) is 14.3 Å². The molecule has 49 heavy (non-hydrogen) atoms. The van der Waals surface area contributed by atoms with E-state index in [1.165, 1.54) is 5.57 Å².